The predicted octanol–water partition coefficient (Wildman–Crippen LogP) is 2.81. The number of phenols is 2. The zero-order valence-corrected chi connectivity index (χ0v) is 11.6. The molecule has 5 nitrogen and oxygen atoms in total. The van der Waals surface area contributed by atoms with E-state index in [1.54, 1.807) is 6.07 Å². The van der Waals surface area contributed by atoms with Gasteiger partial charge in [0.05, 0.1) is 0 Å². The summed E-state index contributed by atoms with van der Waals surface area (Å²) in [6, 6.07) is 7.57. The van der Waals surface area contributed by atoms with Gasteiger partial charge in [0.15, 0.2) is 11.5 Å². The fraction of sp³-hybridized carbons (Fsp3) is 0.0667. The molecule has 0 saturated heterocycles. The molecule has 0 amide bonds. The summed E-state index contributed by atoms with van der Waals surface area (Å²) in [5.74, 6) is -1.34. The quantitative estimate of drug-likeness (QED) is 0.392. The number of carbonyl (C=O) groups is 1. The van der Waals surface area contributed by atoms with Crippen LogP contribution in [0.25, 0.3) is 6.08 Å². The monoisotopic (exact) mass is 301 g/mol. The Balaban J connectivity index is 2.10. The molecule has 6 heteroatoms. The summed E-state index contributed by atoms with van der Waals surface area (Å²) in [7, 11) is 0. The first kappa shape index (κ1) is 14.6. The van der Waals surface area contributed by atoms with E-state index in [9.17, 15) is 15.0 Å². The fourth-order valence-electron chi connectivity index (χ4n) is 1.54. The van der Waals surface area contributed by atoms with Gasteiger partial charge in [0.25, 0.3) is 0 Å². The van der Waals surface area contributed by atoms with Crippen molar-refractivity contribution in [2.24, 2.45) is 0 Å². The molecule has 0 aliphatic heterocycles. The van der Waals surface area contributed by atoms with Crippen LogP contribution in [0.3, 0.4) is 0 Å². The summed E-state index contributed by atoms with van der Waals surface area (Å²) in [5.41, 5.74) is 1.08. The van der Waals surface area contributed by atoms with E-state index in [-0.39, 0.29) is 23.7 Å². The first-order valence-electron chi connectivity index (χ1n) is 5.92. The van der Waals surface area contributed by atoms with Gasteiger partial charge in [0.1, 0.15) is 18.2 Å². The first-order valence-corrected chi connectivity index (χ1v) is 6.86. The number of nitrogens with zero attached hydrogens (tertiary/aromatic N) is 1. The van der Waals surface area contributed by atoms with Crippen molar-refractivity contribution in [1.29, 1.82) is 5.26 Å². The van der Waals surface area contributed by atoms with Gasteiger partial charge in [-0.3, -0.25) is 0 Å². The highest BCUT2D eigenvalue weighted by atomic mass is 32.1. The second-order valence-corrected chi connectivity index (χ2v) is 4.91. The second kappa shape index (κ2) is 6.59. The third kappa shape index (κ3) is 3.84. The number of thiophene rings is 1. The molecule has 0 spiro atoms. The highest BCUT2D eigenvalue weighted by Crippen LogP contribution is 2.26. The zero-order valence-electron chi connectivity index (χ0n) is 10.8. The number of hydrogen-bond donors (Lipinski definition) is 2. The Bertz CT molecular complexity index is 714. The third-order valence-corrected chi connectivity index (χ3v) is 3.33. The number of esters is 1. The lowest BCUT2D eigenvalue weighted by molar-refractivity contribution is -0.139. The molecule has 0 unspecified atom stereocenters. The van der Waals surface area contributed by atoms with Gasteiger partial charge < -0.3 is 14.9 Å². The van der Waals surface area contributed by atoms with Crippen LogP contribution in [0, 0.1) is 11.3 Å². The minimum Gasteiger partial charge on any atom is -0.504 e. The summed E-state index contributed by atoms with van der Waals surface area (Å²) in [6.07, 6.45) is 1.29. The van der Waals surface area contributed by atoms with E-state index in [1.165, 1.54) is 35.6 Å². The summed E-state index contributed by atoms with van der Waals surface area (Å²) in [5, 5.41) is 31.3. The molecule has 21 heavy (non-hydrogen) atoms. The summed E-state index contributed by atoms with van der Waals surface area (Å²) >= 11 is 1.49. The second-order valence-electron chi connectivity index (χ2n) is 4.13. The van der Waals surface area contributed by atoms with Crippen molar-refractivity contribution in [3.05, 3.63) is 51.7 Å². The van der Waals surface area contributed by atoms with E-state index in [0.717, 1.165) is 5.56 Å². The number of carbonyl (C=O) groups excluding carboxylic acids is 1. The zero-order chi connectivity index (χ0) is 15.2. The van der Waals surface area contributed by atoms with Crippen molar-refractivity contribution in [1.82, 2.24) is 0 Å². The Hall–Kier alpha value is -2.78. The maximum atomic E-state index is 11.8. The molecular formula is C15H11NO4S. The largest absolute Gasteiger partial charge is 0.504 e. The molecule has 0 aliphatic rings. The molecule has 0 fully saturated rings. The van der Waals surface area contributed by atoms with Crippen LogP contribution in [0.5, 0.6) is 11.5 Å². The van der Waals surface area contributed by atoms with E-state index < -0.39 is 5.97 Å². The molecule has 0 saturated carbocycles. The number of aromatic hydroxyl groups is 2. The fourth-order valence-corrected chi connectivity index (χ4v) is 2.19. The van der Waals surface area contributed by atoms with E-state index in [0.29, 0.717) is 5.56 Å². The van der Waals surface area contributed by atoms with Crippen LogP contribution in [0.15, 0.2) is 40.6 Å². The molecule has 0 aliphatic carbocycles. The molecule has 2 rings (SSSR count). The van der Waals surface area contributed by atoms with Crippen molar-refractivity contribution in [3.8, 4) is 17.6 Å². The molecule has 0 radical (unpaired) electrons. The van der Waals surface area contributed by atoms with Gasteiger partial charge in [-0.05, 0) is 40.6 Å². The number of nitriles is 1. The lowest BCUT2D eigenvalue weighted by Gasteiger charge is -2.03. The van der Waals surface area contributed by atoms with E-state index in [2.05, 4.69) is 0 Å². The van der Waals surface area contributed by atoms with Crippen LogP contribution in [0.4, 0.5) is 0 Å². The van der Waals surface area contributed by atoms with Crippen molar-refractivity contribution in [3.63, 3.8) is 0 Å². The van der Waals surface area contributed by atoms with Crippen LogP contribution in [0.1, 0.15) is 11.1 Å². The Kier molecular flexibility index (Phi) is 4.59. The topological polar surface area (TPSA) is 90.5 Å². The smallest absolute Gasteiger partial charge is 0.349 e. The van der Waals surface area contributed by atoms with Crippen LogP contribution >= 0.6 is 11.3 Å². The molecule has 106 valence electrons. The van der Waals surface area contributed by atoms with E-state index >= 15 is 0 Å². The standard InChI is InChI=1S/C15H11NO4S/c16-7-12(5-10-1-2-13(17)14(18)6-10)15(19)20-8-11-3-4-21-9-11/h1-6,9,17-18H,8H2. The van der Waals surface area contributed by atoms with E-state index in [1.807, 2.05) is 16.8 Å². The summed E-state index contributed by atoms with van der Waals surface area (Å²) in [6.45, 7) is 0.0994. The third-order valence-electron chi connectivity index (χ3n) is 2.60. The first-order chi connectivity index (χ1) is 10.1. The van der Waals surface area contributed by atoms with Crippen molar-refractivity contribution >= 4 is 23.4 Å². The number of benzene rings is 1. The lowest BCUT2D eigenvalue weighted by atomic mass is 10.1. The SMILES string of the molecule is N#CC(=Cc1ccc(O)c(O)c1)C(=O)OCc1ccsc1. The Morgan fingerprint density at radius 1 is 1.33 bits per heavy atom. The average Bonchev–Trinajstić information content (AvgIpc) is 2.99. The van der Waals surface area contributed by atoms with E-state index in [4.69, 9.17) is 10.00 Å². The summed E-state index contributed by atoms with van der Waals surface area (Å²) in [4.78, 5) is 11.8. The summed E-state index contributed by atoms with van der Waals surface area (Å²) < 4.78 is 5.03. The number of phenolic OH excluding ortho intramolecular Hbond substituents is 2. The Morgan fingerprint density at radius 3 is 2.76 bits per heavy atom. The molecule has 2 aromatic rings. The molecule has 1 aromatic carbocycles. The lowest BCUT2D eigenvalue weighted by Crippen LogP contribution is -2.06. The Morgan fingerprint density at radius 2 is 2.14 bits per heavy atom. The number of rotatable bonds is 4. The molecule has 2 N–H and O–H groups in total. The van der Waals surface area contributed by atoms with Crippen LogP contribution in [-0.4, -0.2) is 16.2 Å². The highest BCUT2D eigenvalue weighted by molar-refractivity contribution is 7.07. The highest BCUT2D eigenvalue weighted by Gasteiger charge is 2.11. The van der Waals surface area contributed by atoms with Crippen molar-refractivity contribution < 1.29 is 19.7 Å². The molecule has 1 aromatic heterocycles. The van der Waals surface area contributed by atoms with Gasteiger partial charge in [-0.1, -0.05) is 6.07 Å². The van der Waals surface area contributed by atoms with Gasteiger partial charge in [-0.25, -0.2) is 4.79 Å². The van der Waals surface area contributed by atoms with Crippen molar-refractivity contribution in [2.45, 2.75) is 6.61 Å². The maximum Gasteiger partial charge on any atom is 0.349 e. The van der Waals surface area contributed by atoms with Crippen LogP contribution in [-0.2, 0) is 16.1 Å². The molecule has 1 heterocycles. The van der Waals surface area contributed by atoms with Gasteiger partial charge in [-0.2, -0.15) is 16.6 Å². The van der Waals surface area contributed by atoms with Gasteiger partial charge in [0.2, 0.25) is 0 Å². The maximum absolute atomic E-state index is 11.8. The number of ether oxygens (including phenoxy) is 1. The molecule has 0 atom stereocenters. The van der Waals surface area contributed by atoms with Gasteiger partial charge in [0, 0.05) is 5.56 Å². The average molecular weight is 301 g/mol. The normalized spacial score (nSPS) is 10.9. The Labute approximate surface area is 125 Å². The molecule has 0 bridgehead atoms. The minimum atomic E-state index is -0.740. The molecular weight excluding hydrogens is 290 g/mol. The number of hydrogen-bond acceptors (Lipinski definition) is 6. The predicted molar refractivity (Wildman–Crippen MR) is 77.5 cm³/mol. The van der Waals surface area contributed by atoms with Gasteiger partial charge >= 0.3 is 5.97 Å². The van der Waals surface area contributed by atoms with Crippen LogP contribution < -0.4 is 0 Å². The van der Waals surface area contributed by atoms with Crippen molar-refractivity contribution in [2.75, 3.05) is 0 Å². The minimum absolute atomic E-state index is 0.0994. The van der Waals surface area contributed by atoms with Gasteiger partial charge in [-0.15, -0.1) is 0 Å². The van der Waals surface area contributed by atoms with Crippen LogP contribution in [0.2, 0.25) is 0 Å².